The molecule has 146 valence electrons. The minimum atomic E-state index is -0.520. The van der Waals surface area contributed by atoms with E-state index < -0.39 is 5.97 Å². The lowest BCUT2D eigenvalue weighted by atomic mass is 10.0. The van der Waals surface area contributed by atoms with Crippen molar-refractivity contribution in [3.8, 4) is 23.1 Å². The molecule has 0 spiro atoms. The van der Waals surface area contributed by atoms with E-state index >= 15 is 0 Å². The average molecular weight is 408 g/mol. The Morgan fingerprint density at radius 2 is 1.97 bits per heavy atom. The summed E-state index contributed by atoms with van der Waals surface area (Å²) in [6.45, 7) is 1.95. The summed E-state index contributed by atoms with van der Waals surface area (Å²) in [5.41, 5.74) is 15.0. The second kappa shape index (κ2) is 8.59. The number of pyridine rings is 1. The van der Waals surface area contributed by atoms with Gasteiger partial charge in [0.2, 0.25) is 5.95 Å². The number of ether oxygens (including phenoxy) is 1. The Morgan fingerprint density at radius 1 is 1.17 bits per heavy atom. The van der Waals surface area contributed by atoms with Crippen LogP contribution >= 0.6 is 11.6 Å². The standard InChI is InChI=1S/C21H18ClN5O2/c1-3-17-15(7-4-12-5-9-18(23)25-11-12)19(27-21(24)26-17)13-6-8-14(16(22)10-13)20(28)29-2/h5-6,8-11H,3H2,1-2H3,(H2,23,25)(H2,24,26,27). The molecule has 0 aliphatic carbocycles. The molecule has 0 bridgehead atoms. The number of hydrogen-bond donors (Lipinski definition) is 2. The molecule has 3 rings (SSSR count). The molecular formula is C21H18ClN5O2. The topological polar surface area (TPSA) is 117 Å². The van der Waals surface area contributed by atoms with E-state index in [1.54, 1.807) is 36.5 Å². The summed E-state index contributed by atoms with van der Waals surface area (Å²) in [7, 11) is 1.30. The number of nitrogens with two attached hydrogens (primary N) is 2. The summed E-state index contributed by atoms with van der Waals surface area (Å²) in [6, 6.07) is 8.38. The van der Waals surface area contributed by atoms with Crippen LogP contribution in [0, 0.1) is 11.8 Å². The van der Waals surface area contributed by atoms with Crippen molar-refractivity contribution in [3.05, 3.63) is 63.9 Å². The van der Waals surface area contributed by atoms with Crippen LogP contribution in [0.1, 0.15) is 34.1 Å². The fourth-order valence-electron chi connectivity index (χ4n) is 2.67. The number of carbonyl (C=O) groups excluding carboxylic acids is 1. The van der Waals surface area contributed by atoms with Crippen molar-refractivity contribution in [1.82, 2.24) is 15.0 Å². The van der Waals surface area contributed by atoms with Gasteiger partial charge in [-0.1, -0.05) is 36.4 Å². The molecule has 0 fully saturated rings. The van der Waals surface area contributed by atoms with E-state index in [1.165, 1.54) is 7.11 Å². The number of carbonyl (C=O) groups is 1. The molecule has 0 amide bonds. The largest absolute Gasteiger partial charge is 0.465 e. The Morgan fingerprint density at radius 3 is 2.59 bits per heavy atom. The second-order valence-corrected chi connectivity index (χ2v) is 6.42. The third kappa shape index (κ3) is 4.45. The Labute approximate surface area is 173 Å². The minimum Gasteiger partial charge on any atom is -0.465 e. The molecular weight excluding hydrogens is 390 g/mol. The van der Waals surface area contributed by atoms with Crippen LogP contribution in [-0.2, 0) is 11.2 Å². The van der Waals surface area contributed by atoms with Crippen LogP contribution in [0.4, 0.5) is 11.8 Å². The zero-order valence-corrected chi connectivity index (χ0v) is 16.6. The predicted molar refractivity (Wildman–Crippen MR) is 112 cm³/mol. The van der Waals surface area contributed by atoms with Gasteiger partial charge in [-0.3, -0.25) is 0 Å². The van der Waals surface area contributed by atoms with Crippen molar-refractivity contribution >= 4 is 29.3 Å². The summed E-state index contributed by atoms with van der Waals surface area (Å²) >= 11 is 6.27. The lowest BCUT2D eigenvalue weighted by molar-refractivity contribution is 0.0601. The van der Waals surface area contributed by atoms with Gasteiger partial charge < -0.3 is 16.2 Å². The van der Waals surface area contributed by atoms with Crippen molar-refractivity contribution < 1.29 is 9.53 Å². The highest BCUT2D eigenvalue weighted by molar-refractivity contribution is 6.33. The Bertz CT molecular complexity index is 1130. The number of hydrogen-bond acceptors (Lipinski definition) is 7. The van der Waals surface area contributed by atoms with E-state index in [-0.39, 0.29) is 16.5 Å². The highest BCUT2D eigenvalue weighted by Gasteiger charge is 2.16. The average Bonchev–Trinajstić information content (AvgIpc) is 2.72. The molecule has 4 N–H and O–H groups in total. The Kier molecular flexibility index (Phi) is 5.96. The third-order valence-electron chi connectivity index (χ3n) is 4.10. The number of esters is 1. The van der Waals surface area contributed by atoms with Gasteiger partial charge >= 0.3 is 5.97 Å². The van der Waals surface area contributed by atoms with Crippen molar-refractivity contribution in [1.29, 1.82) is 0 Å². The van der Waals surface area contributed by atoms with Crippen LogP contribution in [0.5, 0.6) is 0 Å². The maximum atomic E-state index is 11.8. The van der Waals surface area contributed by atoms with Gasteiger partial charge in [0.25, 0.3) is 0 Å². The van der Waals surface area contributed by atoms with Gasteiger partial charge in [-0.15, -0.1) is 0 Å². The van der Waals surface area contributed by atoms with Gasteiger partial charge in [0.1, 0.15) is 5.82 Å². The van der Waals surface area contributed by atoms with Gasteiger partial charge in [-0.05, 0) is 30.7 Å². The van der Waals surface area contributed by atoms with E-state index in [9.17, 15) is 4.79 Å². The van der Waals surface area contributed by atoms with E-state index in [1.807, 2.05) is 6.92 Å². The second-order valence-electron chi connectivity index (χ2n) is 6.01. The van der Waals surface area contributed by atoms with Crippen molar-refractivity contribution in [2.45, 2.75) is 13.3 Å². The fourth-order valence-corrected chi connectivity index (χ4v) is 2.93. The minimum absolute atomic E-state index is 0.129. The predicted octanol–water partition coefficient (Wildman–Crippen LogP) is 3.11. The first-order valence-corrected chi connectivity index (χ1v) is 9.09. The summed E-state index contributed by atoms with van der Waals surface area (Å²) < 4.78 is 4.73. The molecule has 0 saturated carbocycles. The van der Waals surface area contributed by atoms with E-state index in [0.29, 0.717) is 40.3 Å². The SMILES string of the molecule is CCc1nc(N)nc(-c2ccc(C(=O)OC)c(Cl)c2)c1C#Cc1ccc(N)nc1. The Balaban J connectivity index is 2.14. The maximum Gasteiger partial charge on any atom is 0.339 e. The summed E-state index contributed by atoms with van der Waals surface area (Å²) in [5.74, 6) is 6.19. The van der Waals surface area contributed by atoms with Crippen LogP contribution < -0.4 is 11.5 Å². The lowest BCUT2D eigenvalue weighted by Gasteiger charge is -2.11. The molecule has 0 saturated heterocycles. The summed E-state index contributed by atoms with van der Waals surface area (Å²) in [5, 5.41) is 0.242. The first-order valence-electron chi connectivity index (χ1n) is 8.71. The first kappa shape index (κ1) is 20.1. The fraction of sp³-hybridized carbons (Fsp3) is 0.143. The van der Waals surface area contributed by atoms with Gasteiger partial charge in [0.15, 0.2) is 0 Å². The molecule has 0 aliphatic rings. The first-order chi connectivity index (χ1) is 13.9. The molecule has 8 heteroatoms. The monoisotopic (exact) mass is 407 g/mol. The van der Waals surface area contributed by atoms with E-state index in [4.69, 9.17) is 27.8 Å². The van der Waals surface area contributed by atoms with Gasteiger partial charge in [0.05, 0.1) is 34.6 Å². The van der Waals surface area contributed by atoms with Crippen molar-refractivity contribution in [3.63, 3.8) is 0 Å². The molecule has 2 heterocycles. The number of methoxy groups -OCH3 is 1. The number of aromatic nitrogens is 3. The third-order valence-corrected chi connectivity index (χ3v) is 4.41. The normalized spacial score (nSPS) is 10.2. The number of benzene rings is 1. The van der Waals surface area contributed by atoms with Crippen LogP contribution in [-0.4, -0.2) is 28.0 Å². The van der Waals surface area contributed by atoms with Crippen LogP contribution in [0.25, 0.3) is 11.3 Å². The smallest absolute Gasteiger partial charge is 0.339 e. The number of halogens is 1. The highest BCUT2D eigenvalue weighted by atomic mass is 35.5. The zero-order chi connectivity index (χ0) is 21.0. The zero-order valence-electron chi connectivity index (χ0n) is 15.9. The Hall–Kier alpha value is -3.63. The number of anilines is 2. The van der Waals surface area contributed by atoms with E-state index in [2.05, 4.69) is 26.8 Å². The number of rotatable bonds is 3. The number of nitrogen functional groups attached to an aromatic ring is 2. The molecule has 7 nitrogen and oxygen atoms in total. The molecule has 1 aromatic carbocycles. The van der Waals surface area contributed by atoms with Crippen LogP contribution in [0.3, 0.4) is 0 Å². The maximum absolute atomic E-state index is 11.8. The molecule has 29 heavy (non-hydrogen) atoms. The van der Waals surface area contributed by atoms with Gasteiger partial charge in [-0.25, -0.2) is 19.7 Å². The lowest BCUT2D eigenvalue weighted by Crippen LogP contribution is -2.06. The number of nitrogens with zero attached hydrogens (tertiary/aromatic N) is 3. The number of aryl methyl sites for hydroxylation is 1. The molecule has 0 radical (unpaired) electrons. The van der Waals surface area contributed by atoms with Gasteiger partial charge in [0, 0.05) is 17.3 Å². The quantitative estimate of drug-likeness (QED) is 0.506. The molecule has 0 aliphatic heterocycles. The van der Waals surface area contributed by atoms with E-state index in [0.717, 1.165) is 0 Å². The van der Waals surface area contributed by atoms with Crippen LogP contribution in [0.2, 0.25) is 5.02 Å². The summed E-state index contributed by atoms with van der Waals surface area (Å²) in [6.07, 6.45) is 2.20. The highest BCUT2D eigenvalue weighted by Crippen LogP contribution is 2.29. The van der Waals surface area contributed by atoms with Crippen molar-refractivity contribution in [2.24, 2.45) is 0 Å². The summed E-state index contributed by atoms with van der Waals surface area (Å²) in [4.78, 5) is 24.5. The van der Waals surface area contributed by atoms with Gasteiger partial charge in [-0.2, -0.15) is 0 Å². The van der Waals surface area contributed by atoms with Crippen molar-refractivity contribution in [2.75, 3.05) is 18.6 Å². The van der Waals surface area contributed by atoms with Crippen LogP contribution in [0.15, 0.2) is 36.5 Å². The molecule has 2 aromatic heterocycles. The molecule has 0 atom stereocenters. The molecule has 3 aromatic rings. The molecule has 0 unspecified atom stereocenters.